The highest BCUT2D eigenvalue weighted by molar-refractivity contribution is 5.75. The van der Waals surface area contributed by atoms with Crippen LogP contribution in [-0.4, -0.2) is 23.4 Å². The van der Waals surface area contributed by atoms with Crippen molar-refractivity contribution in [3.05, 3.63) is 12.0 Å². The fraction of sp³-hybridized carbons (Fsp3) is 0.200. The van der Waals surface area contributed by atoms with Crippen LogP contribution in [0.15, 0.2) is 6.33 Å². The Morgan fingerprint density at radius 3 is 3.11 bits per heavy atom. The Bertz CT molecular complexity index is 206. The highest BCUT2D eigenvalue weighted by Gasteiger charge is 2.00. The average molecular weight is 126 g/mol. The first-order chi connectivity index (χ1) is 4.38. The van der Waals surface area contributed by atoms with E-state index in [-0.39, 0.29) is 0 Å². The summed E-state index contributed by atoms with van der Waals surface area (Å²) in [5, 5.41) is 0. The number of aromatic amines is 1. The van der Waals surface area contributed by atoms with E-state index >= 15 is 0 Å². The quantitative estimate of drug-likeness (QED) is 0.577. The van der Waals surface area contributed by atoms with Crippen molar-refractivity contribution in [3.8, 4) is 5.88 Å². The van der Waals surface area contributed by atoms with Crippen LogP contribution in [0, 0.1) is 0 Å². The van der Waals surface area contributed by atoms with Gasteiger partial charge in [0, 0.05) is 0 Å². The highest BCUT2D eigenvalue weighted by Crippen LogP contribution is 2.07. The van der Waals surface area contributed by atoms with Gasteiger partial charge < -0.3 is 9.72 Å². The summed E-state index contributed by atoms with van der Waals surface area (Å²) in [4.78, 5) is 16.4. The molecule has 1 aromatic rings. The predicted octanol–water partition coefficient (Wildman–Crippen LogP) is 0.231. The molecule has 0 aliphatic rings. The zero-order valence-electron chi connectivity index (χ0n) is 4.92. The molecule has 0 saturated heterocycles. The first-order valence-electron chi connectivity index (χ1n) is 2.41. The molecule has 0 radical (unpaired) electrons. The van der Waals surface area contributed by atoms with Crippen molar-refractivity contribution < 1.29 is 9.53 Å². The predicted molar refractivity (Wildman–Crippen MR) is 30.5 cm³/mol. The number of H-pyrrole nitrogens is 1. The Morgan fingerprint density at radius 2 is 2.67 bits per heavy atom. The van der Waals surface area contributed by atoms with Crippen LogP contribution in [0.25, 0.3) is 0 Å². The van der Waals surface area contributed by atoms with E-state index in [2.05, 4.69) is 9.97 Å². The lowest BCUT2D eigenvalue weighted by Gasteiger charge is -1.89. The number of hydrogen-bond acceptors (Lipinski definition) is 3. The van der Waals surface area contributed by atoms with Crippen LogP contribution >= 0.6 is 0 Å². The number of rotatable bonds is 2. The third kappa shape index (κ3) is 0.910. The van der Waals surface area contributed by atoms with Gasteiger partial charge in [-0.2, -0.15) is 0 Å². The molecule has 0 amide bonds. The lowest BCUT2D eigenvalue weighted by Crippen LogP contribution is -1.87. The molecule has 1 aromatic heterocycles. The molecule has 1 N–H and O–H groups in total. The zero-order chi connectivity index (χ0) is 6.69. The number of aromatic nitrogens is 2. The summed E-state index contributed by atoms with van der Waals surface area (Å²) >= 11 is 0. The SMILES string of the molecule is COc1nc[nH]c1C=O. The number of carbonyl (C=O) groups is 1. The van der Waals surface area contributed by atoms with Gasteiger partial charge in [0.2, 0.25) is 5.88 Å². The van der Waals surface area contributed by atoms with Gasteiger partial charge in [-0.1, -0.05) is 0 Å². The number of carbonyl (C=O) groups excluding carboxylic acids is 1. The second kappa shape index (κ2) is 2.30. The van der Waals surface area contributed by atoms with E-state index in [1.54, 1.807) is 0 Å². The minimum absolute atomic E-state index is 0.338. The number of aldehydes is 1. The van der Waals surface area contributed by atoms with E-state index in [0.29, 0.717) is 17.9 Å². The summed E-state index contributed by atoms with van der Waals surface area (Å²) in [7, 11) is 1.46. The first-order valence-corrected chi connectivity index (χ1v) is 2.41. The third-order valence-electron chi connectivity index (χ3n) is 0.943. The lowest BCUT2D eigenvalue weighted by molar-refractivity contribution is 0.111. The molecule has 0 aromatic carbocycles. The first kappa shape index (κ1) is 5.81. The van der Waals surface area contributed by atoms with Gasteiger partial charge in [-0.25, -0.2) is 4.98 Å². The molecular weight excluding hydrogens is 120 g/mol. The second-order valence-corrected chi connectivity index (χ2v) is 1.44. The molecular formula is C5H6N2O2. The number of imidazole rings is 1. The number of nitrogens with zero attached hydrogens (tertiary/aromatic N) is 1. The van der Waals surface area contributed by atoms with Gasteiger partial charge in [0.05, 0.1) is 13.4 Å². The summed E-state index contributed by atoms with van der Waals surface area (Å²) in [5.74, 6) is 0.338. The van der Waals surface area contributed by atoms with Crippen molar-refractivity contribution in [3.63, 3.8) is 0 Å². The van der Waals surface area contributed by atoms with Gasteiger partial charge in [0.1, 0.15) is 5.69 Å². The molecule has 1 rings (SSSR count). The fourth-order valence-electron chi connectivity index (χ4n) is 0.539. The van der Waals surface area contributed by atoms with Crippen molar-refractivity contribution in [1.29, 1.82) is 0 Å². The van der Waals surface area contributed by atoms with E-state index in [1.807, 2.05) is 0 Å². The molecule has 0 spiro atoms. The molecule has 0 aliphatic heterocycles. The van der Waals surface area contributed by atoms with Crippen molar-refractivity contribution in [1.82, 2.24) is 9.97 Å². The molecule has 0 saturated carbocycles. The van der Waals surface area contributed by atoms with Gasteiger partial charge >= 0.3 is 0 Å². The van der Waals surface area contributed by atoms with Crippen molar-refractivity contribution in [2.75, 3.05) is 7.11 Å². The summed E-state index contributed by atoms with van der Waals surface area (Å²) in [6.07, 6.45) is 2.06. The molecule has 1 heterocycles. The van der Waals surface area contributed by atoms with Crippen molar-refractivity contribution >= 4 is 6.29 Å². The van der Waals surface area contributed by atoms with Crippen molar-refractivity contribution in [2.24, 2.45) is 0 Å². The molecule has 0 bridgehead atoms. The van der Waals surface area contributed by atoms with Crippen LogP contribution in [0.4, 0.5) is 0 Å². The number of methoxy groups -OCH3 is 1. The van der Waals surface area contributed by atoms with E-state index in [4.69, 9.17) is 4.74 Å². The van der Waals surface area contributed by atoms with Crippen LogP contribution in [0.2, 0.25) is 0 Å². The Hall–Kier alpha value is -1.32. The maximum atomic E-state index is 10.1. The Balaban J connectivity index is 2.98. The van der Waals surface area contributed by atoms with Gasteiger partial charge in [-0.05, 0) is 0 Å². The number of ether oxygens (including phenoxy) is 1. The Labute approximate surface area is 51.9 Å². The van der Waals surface area contributed by atoms with E-state index < -0.39 is 0 Å². The zero-order valence-corrected chi connectivity index (χ0v) is 4.92. The normalized spacial score (nSPS) is 9.00. The van der Waals surface area contributed by atoms with Crippen LogP contribution in [-0.2, 0) is 0 Å². The minimum atomic E-state index is 0.338. The summed E-state index contributed by atoms with van der Waals surface area (Å²) in [6.45, 7) is 0. The summed E-state index contributed by atoms with van der Waals surface area (Å²) in [6, 6.07) is 0. The van der Waals surface area contributed by atoms with Gasteiger partial charge in [-0.15, -0.1) is 0 Å². The van der Waals surface area contributed by atoms with Crippen LogP contribution in [0.1, 0.15) is 10.5 Å². The molecule has 0 aliphatic carbocycles. The number of hydrogen-bond donors (Lipinski definition) is 1. The van der Waals surface area contributed by atoms with Gasteiger partial charge in [-0.3, -0.25) is 4.79 Å². The maximum Gasteiger partial charge on any atom is 0.242 e. The Morgan fingerprint density at radius 1 is 1.89 bits per heavy atom. The average Bonchev–Trinajstić information content (AvgIpc) is 2.33. The fourth-order valence-corrected chi connectivity index (χ4v) is 0.539. The molecule has 0 fully saturated rings. The topological polar surface area (TPSA) is 55.0 Å². The maximum absolute atomic E-state index is 10.1. The Kier molecular flexibility index (Phi) is 1.48. The summed E-state index contributed by atoms with van der Waals surface area (Å²) < 4.78 is 4.70. The molecule has 0 unspecified atom stereocenters. The number of nitrogens with one attached hydrogen (secondary N) is 1. The standard InChI is InChI=1S/C5H6N2O2/c1-9-5-4(2-8)6-3-7-5/h2-3H,1H3,(H,6,7). The van der Waals surface area contributed by atoms with Crippen LogP contribution in [0.5, 0.6) is 5.88 Å². The van der Waals surface area contributed by atoms with Crippen LogP contribution in [0.3, 0.4) is 0 Å². The van der Waals surface area contributed by atoms with E-state index in [0.717, 1.165) is 0 Å². The molecule has 4 heteroatoms. The smallest absolute Gasteiger partial charge is 0.242 e. The monoisotopic (exact) mass is 126 g/mol. The van der Waals surface area contributed by atoms with Crippen molar-refractivity contribution in [2.45, 2.75) is 0 Å². The van der Waals surface area contributed by atoms with Crippen LogP contribution < -0.4 is 4.74 Å². The van der Waals surface area contributed by atoms with Gasteiger partial charge in [0.25, 0.3) is 0 Å². The van der Waals surface area contributed by atoms with Gasteiger partial charge in [0.15, 0.2) is 6.29 Å². The molecule has 9 heavy (non-hydrogen) atoms. The largest absolute Gasteiger partial charge is 0.479 e. The molecule has 4 nitrogen and oxygen atoms in total. The highest BCUT2D eigenvalue weighted by atomic mass is 16.5. The third-order valence-corrected chi connectivity index (χ3v) is 0.943. The molecule has 48 valence electrons. The van der Waals surface area contributed by atoms with E-state index in [1.165, 1.54) is 13.4 Å². The summed E-state index contributed by atoms with van der Waals surface area (Å²) in [5.41, 5.74) is 0.373. The lowest BCUT2D eigenvalue weighted by atomic mass is 10.5. The minimum Gasteiger partial charge on any atom is -0.479 e. The van der Waals surface area contributed by atoms with E-state index in [9.17, 15) is 4.79 Å². The second-order valence-electron chi connectivity index (χ2n) is 1.44. The molecule has 0 atom stereocenters.